The first-order chi connectivity index (χ1) is 13.6. The molecule has 3 aromatic heterocycles. The Kier molecular flexibility index (Phi) is 4.57. The fourth-order valence-electron chi connectivity index (χ4n) is 3.18. The lowest BCUT2D eigenvalue weighted by atomic mass is 10.0. The van der Waals surface area contributed by atoms with E-state index in [1.807, 2.05) is 63.6 Å². The molecule has 5 heteroatoms. The number of nitrogens with zero attached hydrogens (tertiary/aromatic N) is 5. The van der Waals surface area contributed by atoms with E-state index in [-0.39, 0.29) is 0 Å². The molecule has 0 amide bonds. The van der Waals surface area contributed by atoms with Crippen LogP contribution in [0.5, 0.6) is 0 Å². The first kappa shape index (κ1) is 17.8. The highest BCUT2D eigenvalue weighted by Crippen LogP contribution is 2.30. The van der Waals surface area contributed by atoms with Crippen LogP contribution in [0.1, 0.15) is 25.1 Å². The second-order valence-corrected chi connectivity index (χ2v) is 6.77. The van der Waals surface area contributed by atoms with E-state index in [1.54, 1.807) is 10.7 Å². The predicted octanol–water partition coefficient (Wildman–Crippen LogP) is 5.26. The van der Waals surface area contributed by atoms with Crippen LogP contribution in [0.15, 0.2) is 72.1 Å². The predicted molar refractivity (Wildman–Crippen MR) is 115 cm³/mol. The van der Waals surface area contributed by atoms with Crippen molar-refractivity contribution in [3.8, 4) is 11.1 Å². The molecule has 3 heterocycles. The summed E-state index contributed by atoms with van der Waals surface area (Å²) in [6.07, 6.45) is 9.33. The number of benzene rings is 1. The minimum Gasteiger partial charge on any atom is -0.256 e. The van der Waals surface area contributed by atoms with Crippen molar-refractivity contribution in [3.63, 3.8) is 0 Å². The molecule has 0 bridgehead atoms. The summed E-state index contributed by atoms with van der Waals surface area (Å²) < 4.78 is 1.80. The lowest BCUT2D eigenvalue weighted by Crippen LogP contribution is -1.94. The molecule has 0 radical (unpaired) electrons. The summed E-state index contributed by atoms with van der Waals surface area (Å²) in [5, 5.41) is 5.62. The van der Waals surface area contributed by atoms with E-state index in [1.165, 1.54) is 0 Å². The van der Waals surface area contributed by atoms with E-state index in [9.17, 15) is 0 Å². The van der Waals surface area contributed by atoms with Gasteiger partial charge in [-0.15, -0.1) is 0 Å². The second kappa shape index (κ2) is 7.19. The largest absolute Gasteiger partial charge is 0.256 e. The minimum absolute atomic E-state index is 0.802. The number of hydrogen-bond donors (Lipinski definition) is 0. The van der Waals surface area contributed by atoms with Crippen LogP contribution in [-0.4, -0.2) is 25.8 Å². The number of aromatic nitrogens is 4. The van der Waals surface area contributed by atoms with Gasteiger partial charge in [-0.1, -0.05) is 30.9 Å². The molecule has 0 aliphatic heterocycles. The minimum atomic E-state index is 0.802. The summed E-state index contributed by atoms with van der Waals surface area (Å²) in [5.41, 5.74) is 7.46. The van der Waals surface area contributed by atoms with Gasteiger partial charge < -0.3 is 0 Å². The lowest BCUT2D eigenvalue weighted by Gasteiger charge is -2.06. The van der Waals surface area contributed by atoms with Crippen molar-refractivity contribution in [3.05, 3.63) is 78.4 Å². The van der Waals surface area contributed by atoms with Gasteiger partial charge in [0.25, 0.3) is 0 Å². The number of aliphatic imine (C=N–C) groups is 1. The second-order valence-electron chi connectivity index (χ2n) is 6.77. The third-order valence-corrected chi connectivity index (χ3v) is 4.51. The summed E-state index contributed by atoms with van der Waals surface area (Å²) >= 11 is 0. The molecule has 0 saturated carbocycles. The van der Waals surface area contributed by atoms with Gasteiger partial charge >= 0.3 is 0 Å². The number of fused-ring (bicyclic) bond motifs is 2. The van der Waals surface area contributed by atoms with Gasteiger partial charge in [-0.2, -0.15) is 5.10 Å². The Morgan fingerprint density at radius 3 is 2.79 bits per heavy atom. The van der Waals surface area contributed by atoms with E-state index in [0.29, 0.717) is 0 Å². The van der Waals surface area contributed by atoms with Crippen molar-refractivity contribution in [2.24, 2.45) is 4.99 Å². The van der Waals surface area contributed by atoms with Crippen LogP contribution < -0.4 is 0 Å². The SMILES string of the molecule is C=C(C)C=NC(=CC)c1cnc2c(-c3cccc4nc(C)ccc34)cnn2c1. The fourth-order valence-corrected chi connectivity index (χ4v) is 3.18. The summed E-state index contributed by atoms with van der Waals surface area (Å²) in [4.78, 5) is 13.8. The molecule has 138 valence electrons. The van der Waals surface area contributed by atoms with Gasteiger partial charge in [-0.25, -0.2) is 9.50 Å². The third kappa shape index (κ3) is 3.22. The Hall–Kier alpha value is -3.60. The lowest BCUT2D eigenvalue weighted by molar-refractivity contribution is 0.934. The molecule has 4 rings (SSSR count). The molecule has 0 aliphatic carbocycles. The van der Waals surface area contributed by atoms with Crippen LogP contribution in [0.2, 0.25) is 0 Å². The van der Waals surface area contributed by atoms with Crippen LogP contribution >= 0.6 is 0 Å². The molecule has 0 fully saturated rings. The average Bonchev–Trinajstić information content (AvgIpc) is 3.10. The summed E-state index contributed by atoms with van der Waals surface area (Å²) in [6.45, 7) is 9.73. The van der Waals surface area contributed by atoms with Gasteiger partial charge in [0.1, 0.15) is 0 Å². The first-order valence-corrected chi connectivity index (χ1v) is 9.13. The molecule has 5 nitrogen and oxygen atoms in total. The molecule has 1 aromatic carbocycles. The van der Waals surface area contributed by atoms with Gasteiger partial charge in [-0.05, 0) is 44.0 Å². The maximum Gasteiger partial charge on any atom is 0.162 e. The van der Waals surface area contributed by atoms with Crippen LogP contribution in [0, 0.1) is 6.92 Å². The van der Waals surface area contributed by atoms with E-state index < -0.39 is 0 Å². The Morgan fingerprint density at radius 1 is 1.14 bits per heavy atom. The molecule has 0 aliphatic rings. The number of pyridine rings is 1. The molecule has 0 atom stereocenters. The molecule has 28 heavy (non-hydrogen) atoms. The quantitative estimate of drug-likeness (QED) is 0.462. The smallest absolute Gasteiger partial charge is 0.162 e. The summed E-state index contributed by atoms with van der Waals surface area (Å²) in [6, 6.07) is 10.3. The molecular formula is C23H21N5. The van der Waals surface area contributed by atoms with Crippen LogP contribution in [-0.2, 0) is 0 Å². The zero-order valence-electron chi connectivity index (χ0n) is 16.2. The Balaban J connectivity index is 1.83. The first-order valence-electron chi connectivity index (χ1n) is 9.13. The van der Waals surface area contributed by atoms with Crippen LogP contribution in [0.3, 0.4) is 0 Å². The van der Waals surface area contributed by atoms with Crippen molar-refractivity contribution < 1.29 is 0 Å². The number of allylic oxidation sites excluding steroid dienone is 2. The van der Waals surface area contributed by atoms with Crippen LogP contribution in [0.4, 0.5) is 0 Å². The van der Waals surface area contributed by atoms with Crippen molar-refractivity contribution in [1.82, 2.24) is 19.6 Å². The van der Waals surface area contributed by atoms with Gasteiger partial charge in [0.05, 0.1) is 17.4 Å². The third-order valence-electron chi connectivity index (χ3n) is 4.51. The number of hydrogen-bond acceptors (Lipinski definition) is 4. The fraction of sp³-hybridized carbons (Fsp3) is 0.130. The maximum atomic E-state index is 4.68. The number of rotatable bonds is 4. The molecule has 0 unspecified atom stereocenters. The number of aryl methyl sites for hydroxylation is 1. The Morgan fingerprint density at radius 2 is 2.00 bits per heavy atom. The van der Waals surface area contributed by atoms with Crippen molar-refractivity contribution >= 4 is 28.5 Å². The zero-order valence-corrected chi connectivity index (χ0v) is 16.2. The molecule has 0 saturated heterocycles. The van der Waals surface area contributed by atoms with Gasteiger partial charge in [0.15, 0.2) is 5.65 Å². The van der Waals surface area contributed by atoms with Crippen LogP contribution in [0.25, 0.3) is 33.4 Å². The summed E-state index contributed by atoms with van der Waals surface area (Å²) in [5.74, 6) is 0. The standard InChI is InChI=1S/C23H21N5/c1-5-21(24-11-15(2)3)17-12-25-23-20(13-26-28(23)14-17)18-7-6-8-22-19(18)10-9-16(4)27-22/h5-14H,2H2,1,3-4H3. The highest BCUT2D eigenvalue weighted by Gasteiger charge is 2.12. The normalized spacial score (nSPS) is 12.3. The highest BCUT2D eigenvalue weighted by molar-refractivity contribution is 5.98. The van der Waals surface area contributed by atoms with E-state index in [2.05, 4.69) is 38.8 Å². The van der Waals surface area contributed by atoms with E-state index >= 15 is 0 Å². The van der Waals surface area contributed by atoms with Gasteiger partial charge in [0, 0.05) is 40.8 Å². The highest BCUT2D eigenvalue weighted by atomic mass is 15.2. The summed E-state index contributed by atoms with van der Waals surface area (Å²) in [7, 11) is 0. The maximum absolute atomic E-state index is 4.68. The monoisotopic (exact) mass is 367 g/mol. The topological polar surface area (TPSA) is 55.4 Å². The molecule has 0 N–H and O–H groups in total. The van der Waals surface area contributed by atoms with E-state index in [4.69, 9.17) is 0 Å². The Labute approximate surface area is 163 Å². The Bertz CT molecular complexity index is 1260. The van der Waals surface area contributed by atoms with Crippen molar-refractivity contribution in [2.75, 3.05) is 0 Å². The van der Waals surface area contributed by atoms with Gasteiger partial charge in [0.2, 0.25) is 0 Å². The zero-order chi connectivity index (χ0) is 19.7. The average molecular weight is 367 g/mol. The van der Waals surface area contributed by atoms with Gasteiger partial charge in [-0.3, -0.25) is 9.98 Å². The van der Waals surface area contributed by atoms with Crippen molar-refractivity contribution in [2.45, 2.75) is 20.8 Å². The van der Waals surface area contributed by atoms with Crippen molar-refractivity contribution in [1.29, 1.82) is 0 Å². The molecule has 4 aromatic rings. The molecule has 0 spiro atoms. The molecular weight excluding hydrogens is 346 g/mol. The van der Waals surface area contributed by atoms with E-state index in [0.717, 1.165) is 50.2 Å².